The molecule has 1 rings (SSSR count). The van der Waals surface area contributed by atoms with Gasteiger partial charge in [0.2, 0.25) is 0 Å². The Morgan fingerprint density at radius 2 is 2.05 bits per heavy atom. The van der Waals surface area contributed by atoms with Gasteiger partial charge in [-0.05, 0) is 52.4 Å². The third-order valence-electron chi connectivity index (χ3n) is 3.58. The van der Waals surface area contributed by atoms with Crippen LogP contribution in [0.5, 0.6) is 0 Å². The average molecular weight is 282 g/mol. The fourth-order valence-electron chi connectivity index (χ4n) is 2.31. The highest BCUT2D eigenvalue weighted by molar-refractivity contribution is 7.12. The molecule has 0 saturated carbocycles. The summed E-state index contributed by atoms with van der Waals surface area (Å²) in [4.78, 5) is 5.53. The van der Waals surface area contributed by atoms with Gasteiger partial charge >= 0.3 is 0 Å². The van der Waals surface area contributed by atoms with Crippen molar-refractivity contribution in [2.45, 2.75) is 66.1 Å². The molecule has 1 aromatic heterocycles. The van der Waals surface area contributed by atoms with E-state index in [4.69, 9.17) is 0 Å². The second-order valence-electron chi connectivity index (χ2n) is 5.60. The lowest BCUT2D eigenvalue weighted by atomic mass is 10.1. The van der Waals surface area contributed by atoms with Crippen molar-refractivity contribution >= 4 is 11.3 Å². The number of hydrogen-bond acceptors (Lipinski definition) is 3. The van der Waals surface area contributed by atoms with Crippen LogP contribution in [-0.4, -0.2) is 24.5 Å². The molecule has 0 unspecified atom stereocenters. The molecule has 0 atom stereocenters. The zero-order valence-corrected chi connectivity index (χ0v) is 14.1. The minimum atomic E-state index is 0.629. The normalized spacial score (nSPS) is 11.7. The molecule has 2 nitrogen and oxygen atoms in total. The molecule has 0 aliphatic heterocycles. The van der Waals surface area contributed by atoms with Gasteiger partial charge in [-0.2, -0.15) is 0 Å². The Morgan fingerprint density at radius 1 is 1.32 bits per heavy atom. The molecule has 110 valence electrons. The van der Waals surface area contributed by atoms with Gasteiger partial charge in [-0.25, -0.2) is 0 Å². The number of unbranched alkanes of at least 4 members (excludes halogenated alkanes) is 2. The van der Waals surface area contributed by atoms with E-state index in [1.807, 2.05) is 18.4 Å². The van der Waals surface area contributed by atoms with E-state index in [0.717, 1.165) is 13.1 Å². The van der Waals surface area contributed by atoms with Crippen LogP contribution >= 0.6 is 11.3 Å². The van der Waals surface area contributed by atoms with Crippen molar-refractivity contribution in [3.8, 4) is 0 Å². The first-order valence-electron chi connectivity index (χ1n) is 7.55. The smallest absolute Gasteiger partial charge is 0.0296 e. The zero-order valence-electron chi connectivity index (χ0n) is 13.3. The van der Waals surface area contributed by atoms with E-state index in [9.17, 15) is 0 Å². The van der Waals surface area contributed by atoms with Crippen LogP contribution in [-0.2, 0) is 13.1 Å². The third kappa shape index (κ3) is 5.64. The molecule has 0 saturated heterocycles. The summed E-state index contributed by atoms with van der Waals surface area (Å²) in [6, 6.07) is 3.01. The van der Waals surface area contributed by atoms with Crippen LogP contribution in [0.2, 0.25) is 0 Å². The third-order valence-corrected chi connectivity index (χ3v) is 4.67. The number of hydrogen-bond donors (Lipinski definition) is 1. The summed E-state index contributed by atoms with van der Waals surface area (Å²) in [7, 11) is 2.01. The van der Waals surface area contributed by atoms with Gasteiger partial charge in [0, 0.05) is 28.9 Å². The lowest BCUT2D eigenvalue weighted by Crippen LogP contribution is -2.31. The van der Waals surface area contributed by atoms with E-state index in [1.54, 1.807) is 0 Å². The Kier molecular flexibility index (Phi) is 7.66. The van der Waals surface area contributed by atoms with Gasteiger partial charge in [-0.3, -0.25) is 4.90 Å². The van der Waals surface area contributed by atoms with Crippen molar-refractivity contribution in [2.24, 2.45) is 0 Å². The molecule has 0 radical (unpaired) electrons. The van der Waals surface area contributed by atoms with E-state index < -0.39 is 0 Å². The summed E-state index contributed by atoms with van der Waals surface area (Å²) in [5.41, 5.74) is 1.51. The van der Waals surface area contributed by atoms with Crippen molar-refractivity contribution in [1.29, 1.82) is 0 Å². The van der Waals surface area contributed by atoms with Crippen molar-refractivity contribution in [2.75, 3.05) is 13.6 Å². The predicted molar refractivity (Wildman–Crippen MR) is 86.9 cm³/mol. The van der Waals surface area contributed by atoms with E-state index in [0.29, 0.717) is 6.04 Å². The first-order valence-corrected chi connectivity index (χ1v) is 8.37. The number of aryl methyl sites for hydroxylation is 1. The minimum absolute atomic E-state index is 0.629. The molecule has 0 aromatic carbocycles. The molecule has 0 bridgehead atoms. The fraction of sp³-hybridized carbons (Fsp3) is 0.750. The lowest BCUT2D eigenvalue weighted by molar-refractivity contribution is 0.208. The molecular weight excluding hydrogens is 252 g/mol. The summed E-state index contributed by atoms with van der Waals surface area (Å²) in [5.74, 6) is 0. The topological polar surface area (TPSA) is 15.3 Å². The van der Waals surface area contributed by atoms with Crippen LogP contribution in [0.15, 0.2) is 6.07 Å². The maximum absolute atomic E-state index is 3.24. The fourth-order valence-corrected chi connectivity index (χ4v) is 3.38. The van der Waals surface area contributed by atoms with Crippen LogP contribution in [0.4, 0.5) is 0 Å². The molecule has 0 amide bonds. The van der Waals surface area contributed by atoms with Gasteiger partial charge in [0.05, 0.1) is 0 Å². The van der Waals surface area contributed by atoms with Gasteiger partial charge in [0.25, 0.3) is 0 Å². The van der Waals surface area contributed by atoms with Crippen molar-refractivity contribution in [3.05, 3.63) is 21.4 Å². The Labute approximate surface area is 123 Å². The Balaban J connectivity index is 2.62. The van der Waals surface area contributed by atoms with Gasteiger partial charge in [-0.1, -0.05) is 19.8 Å². The average Bonchev–Trinajstić information content (AvgIpc) is 2.69. The standard InChI is InChI=1S/C16H30N2S/c1-6-7-8-9-18(13(2)3)12-15-10-16(11-17-5)19-14(15)4/h10,13,17H,6-9,11-12H2,1-5H3. The summed E-state index contributed by atoms with van der Waals surface area (Å²) < 4.78 is 0. The molecule has 0 fully saturated rings. The lowest BCUT2D eigenvalue weighted by Gasteiger charge is -2.26. The highest BCUT2D eigenvalue weighted by Crippen LogP contribution is 2.23. The Bertz CT molecular complexity index is 358. The molecular formula is C16H30N2S. The van der Waals surface area contributed by atoms with Crippen LogP contribution in [0.1, 0.15) is 55.4 Å². The van der Waals surface area contributed by atoms with E-state index in [-0.39, 0.29) is 0 Å². The second-order valence-corrected chi connectivity index (χ2v) is 6.94. The molecule has 0 aliphatic rings. The molecule has 0 aliphatic carbocycles. The summed E-state index contributed by atoms with van der Waals surface area (Å²) in [6.45, 7) is 12.5. The summed E-state index contributed by atoms with van der Waals surface area (Å²) >= 11 is 1.93. The Morgan fingerprint density at radius 3 is 2.63 bits per heavy atom. The highest BCUT2D eigenvalue weighted by Gasteiger charge is 2.13. The molecule has 3 heteroatoms. The van der Waals surface area contributed by atoms with Crippen LogP contribution in [0.25, 0.3) is 0 Å². The second kappa shape index (κ2) is 8.72. The quantitative estimate of drug-likeness (QED) is 0.684. The molecule has 1 N–H and O–H groups in total. The van der Waals surface area contributed by atoms with Gasteiger partial charge in [0.15, 0.2) is 0 Å². The first kappa shape index (κ1) is 16.7. The number of rotatable bonds is 9. The number of nitrogens with one attached hydrogen (secondary N) is 1. The predicted octanol–water partition coefficient (Wildman–Crippen LogP) is 4.18. The van der Waals surface area contributed by atoms with Crippen LogP contribution in [0.3, 0.4) is 0 Å². The highest BCUT2D eigenvalue weighted by atomic mass is 32.1. The first-order chi connectivity index (χ1) is 9.08. The SMILES string of the molecule is CCCCCN(Cc1cc(CNC)sc1C)C(C)C. The largest absolute Gasteiger partial charge is 0.315 e. The number of thiophene rings is 1. The summed E-state index contributed by atoms with van der Waals surface area (Å²) in [6.07, 6.45) is 3.97. The van der Waals surface area contributed by atoms with E-state index in [1.165, 1.54) is 41.1 Å². The van der Waals surface area contributed by atoms with Crippen molar-refractivity contribution < 1.29 is 0 Å². The maximum atomic E-state index is 3.24. The Hall–Kier alpha value is -0.380. The molecule has 0 spiro atoms. The van der Waals surface area contributed by atoms with E-state index in [2.05, 4.69) is 44.0 Å². The van der Waals surface area contributed by atoms with Crippen molar-refractivity contribution in [3.63, 3.8) is 0 Å². The molecule has 19 heavy (non-hydrogen) atoms. The van der Waals surface area contributed by atoms with Gasteiger partial charge < -0.3 is 5.32 Å². The van der Waals surface area contributed by atoms with Crippen molar-refractivity contribution in [1.82, 2.24) is 10.2 Å². The van der Waals surface area contributed by atoms with Gasteiger partial charge in [-0.15, -0.1) is 11.3 Å². The monoisotopic (exact) mass is 282 g/mol. The molecule has 1 heterocycles. The minimum Gasteiger partial charge on any atom is -0.315 e. The van der Waals surface area contributed by atoms with Gasteiger partial charge in [0.1, 0.15) is 0 Å². The van der Waals surface area contributed by atoms with Crippen LogP contribution in [0, 0.1) is 6.92 Å². The zero-order chi connectivity index (χ0) is 14.3. The molecule has 1 aromatic rings. The van der Waals surface area contributed by atoms with E-state index >= 15 is 0 Å². The summed E-state index contributed by atoms with van der Waals surface area (Å²) in [5, 5.41) is 3.24. The maximum Gasteiger partial charge on any atom is 0.0296 e. The number of nitrogens with zero attached hydrogens (tertiary/aromatic N) is 1. The van der Waals surface area contributed by atoms with Crippen LogP contribution < -0.4 is 5.32 Å².